The molecule has 0 bridgehead atoms. The van der Waals surface area contributed by atoms with Crippen molar-refractivity contribution in [2.24, 2.45) is 0 Å². The zero-order chi connectivity index (χ0) is 17.4. The second-order valence-corrected chi connectivity index (χ2v) is 6.91. The molecule has 1 aromatic carbocycles. The Balaban J connectivity index is 1.75. The molecule has 0 atom stereocenters. The maximum Gasteiger partial charge on any atom is 0.261 e. The number of carbonyl (C=O) groups excluding carboxylic acids is 1. The summed E-state index contributed by atoms with van der Waals surface area (Å²) >= 11 is 13.8. The number of hydrogen-bond donors (Lipinski definition) is 1. The van der Waals surface area contributed by atoms with Crippen molar-refractivity contribution < 1.29 is 4.79 Å². The second kappa shape index (κ2) is 6.48. The molecule has 3 aromatic heterocycles. The first kappa shape index (κ1) is 16.1. The van der Waals surface area contributed by atoms with Crippen LogP contribution in [0, 0.1) is 0 Å². The molecule has 0 saturated heterocycles. The van der Waals surface area contributed by atoms with E-state index >= 15 is 0 Å². The number of nitrogens with zero attached hydrogens (tertiary/aromatic N) is 3. The predicted molar refractivity (Wildman–Crippen MR) is 101 cm³/mol. The van der Waals surface area contributed by atoms with Crippen molar-refractivity contribution in [3.05, 3.63) is 69.8 Å². The highest BCUT2D eigenvalue weighted by atomic mass is 35.5. The van der Waals surface area contributed by atoms with Gasteiger partial charge in [-0.1, -0.05) is 35.3 Å². The van der Waals surface area contributed by atoms with Crippen LogP contribution in [-0.2, 0) is 0 Å². The van der Waals surface area contributed by atoms with E-state index in [1.807, 2.05) is 23.6 Å². The van der Waals surface area contributed by atoms with Gasteiger partial charge >= 0.3 is 0 Å². The summed E-state index contributed by atoms with van der Waals surface area (Å²) in [5.74, 6) is -0.374. The van der Waals surface area contributed by atoms with Crippen LogP contribution in [0.1, 0.15) is 10.4 Å². The molecule has 1 amide bonds. The van der Waals surface area contributed by atoms with Crippen molar-refractivity contribution in [1.82, 2.24) is 14.6 Å². The van der Waals surface area contributed by atoms with Crippen LogP contribution in [0.4, 0.5) is 5.69 Å². The standard InChI is InChI=1S/C17H10Cl2N4OS/c18-11-3-1-4-12(19)15(11)22-17(24)10-9-21-23-13(6-7-20-16(10)23)14-5-2-8-25-14/h1-9H,(H,22,24). The van der Waals surface area contributed by atoms with E-state index in [1.54, 1.807) is 40.2 Å². The number of nitrogens with one attached hydrogen (secondary N) is 1. The molecule has 8 heteroatoms. The topological polar surface area (TPSA) is 59.3 Å². The molecule has 4 aromatic rings. The minimum Gasteiger partial charge on any atom is -0.319 e. The average molecular weight is 389 g/mol. The summed E-state index contributed by atoms with van der Waals surface area (Å²) in [6.07, 6.45) is 3.14. The predicted octanol–water partition coefficient (Wildman–Crippen LogP) is 5.02. The van der Waals surface area contributed by atoms with Gasteiger partial charge in [0.05, 0.1) is 32.5 Å². The number of carbonyl (C=O) groups is 1. The van der Waals surface area contributed by atoms with Gasteiger partial charge in [0.25, 0.3) is 5.91 Å². The van der Waals surface area contributed by atoms with E-state index < -0.39 is 0 Å². The van der Waals surface area contributed by atoms with Gasteiger partial charge in [-0.25, -0.2) is 9.50 Å². The Morgan fingerprint density at radius 3 is 2.64 bits per heavy atom. The van der Waals surface area contributed by atoms with Crippen LogP contribution in [0.3, 0.4) is 0 Å². The Morgan fingerprint density at radius 2 is 1.92 bits per heavy atom. The van der Waals surface area contributed by atoms with Gasteiger partial charge in [-0.2, -0.15) is 5.10 Å². The number of fused-ring (bicyclic) bond motifs is 1. The lowest BCUT2D eigenvalue weighted by molar-refractivity contribution is 0.102. The van der Waals surface area contributed by atoms with Crippen LogP contribution in [0.2, 0.25) is 10.0 Å². The molecule has 124 valence electrons. The van der Waals surface area contributed by atoms with Gasteiger partial charge in [0.15, 0.2) is 5.65 Å². The Morgan fingerprint density at radius 1 is 1.12 bits per heavy atom. The molecule has 3 heterocycles. The molecule has 0 radical (unpaired) electrons. The lowest BCUT2D eigenvalue weighted by atomic mass is 10.2. The molecule has 0 aliphatic rings. The van der Waals surface area contributed by atoms with Crippen molar-refractivity contribution in [2.75, 3.05) is 5.32 Å². The Labute approximate surface area is 156 Å². The Kier molecular flexibility index (Phi) is 4.17. The number of halogens is 2. The molecule has 1 N–H and O–H groups in total. The van der Waals surface area contributed by atoms with Gasteiger partial charge in [0, 0.05) is 6.20 Å². The lowest BCUT2D eigenvalue weighted by Crippen LogP contribution is -2.13. The molecular formula is C17H10Cl2N4OS. The highest BCUT2D eigenvalue weighted by Crippen LogP contribution is 2.31. The summed E-state index contributed by atoms with van der Waals surface area (Å²) in [7, 11) is 0. The molecule has 0 unspecified atom stereocenters. The maximum absolute atomic E-state index is 12.7. The van der Waals surface area contributed by atoms with Gasteiger partial charge in [0.1, 0.15) is 5.56 Å². The van der Waals surface area contributed by atoms with Crippen molar-refractivity contribution in [2.45, 2.75) is 0 Å². The molecule has 4 rings (SSSR count). The SMILES string of the molecule is O=C(Nc1c(Cl)cccc1Cl)c1cnn2c(-c3cccs3)ccnc12. The van der Waals surface area contributed by atoms with Gasteiger partial charge in [-0.15, -0.1) is 11.3 Å². The minimum atomic E-state index is -0.374. The van der Waals surface area contributed by atoms with E-state index in [2.05, 4.69) is 15.4 Å². The zero-order valence-corrected chi connectivity index (χ0v) is 14.9. The van der Waals surface area contributed by atoms with Crippen LogP contribution in [0.5, 0.6) is 0 Å². The van der Waals surface area contributed by atoms with Crippen molar-refractivity contribution >= 4 is 51.8 Å². The first-order chi connectivity index (χ1) is 12.1. The van der Waals surface area contributed by atoms with Crippen molar-refractivity contribution in [3.63, 3.8) is 0 Å². The molecular weight excluding hydrogens is 379 g/mol. The molecule has 0 aliphatic carbocycles. The second-order valence-electron chi connectivity index (χ2n) is 5.15. The fraction of sp³-hybridized carbons (Fsp3) is 0. The van der Waals surface area contributed by atoms with E-state index in [0.717, 1.165) is 10.6 Å². The number of aromatic nitrogens is 3. The fourth-order valence-corrected chi connectivity index (χ4v) is 3.69. The Bertz CT molecular complexity index is 1060. The summed E-state index contributed by atoms with van der Waals surface area (Å²) < 4.78 is 1.65. The largest absolute Gasteiger partial charge is 0.319 e. The molecule has 0 aliphatic heterocycles. The van der Waals surface area contributed by atoms with Crippen LogP contribution >= 0.6 is 34.5 Å². The van der Waals surface area contributed by atoms with Crippen LogP contribution in [-0.4, -0.2) is 20.5 Å². The minimum absolute atomic E-state index is 0.342. The van der Waals surface area contributed by atoms with Gasteiger partial charge in [-0.05, 0) is 29.6 Å². The number of rotatable bonds is 3. The highest BCUT2D eigenvalue weighted by Gasteiger charge is 2.18. The monoisotopic (exact) mass is 388 g/mol. The quantitative estimate of drug-likeness (QED) is 0.536. The summed E-state index contributed by atoms with van der Waals surface area (Å²) in [5.41, 5.74) is 2.04. The first-order valence-electron chi connectivity index (χ1n) is 7.27. The third-order valence-electron chi connectivity index (χ3n) is 3.62. The van der Waals surface area contributed by atoms with Gasteiger partial charge in [0.2, 0.25) is 0 Å². The Hall–Kier alpha value is -2.41. The number of anilines is 1. The summed E-state index contributed by atoms with van der Waals surface area (Å²) in [6, 6.07) is 10.8. The smallest absolute Gasteiger partial charge is 0.261 e. The molecule has 0 spiro atoms. The third-order valence-corrected chi connectivity index (χ3v) is 5.14. The van der Waals surface area contributed by atoms with Gasteiger partial charge < -0.3 is 5.32 Å². The normalized spacial score (nSPS) is 11.0. The zero-order valence-electron chi connectivity index (χ0n) is 12.6. The molecule has 0 saturated carbocycles. The number of thiophene rings is 1. The first-order valence-corrected chi connectivity index (χ1v) is 8.90. The van der Waals surface area contributed by atoms with E-state index in [9.17, 15) is 4.79 Å². The van der Waals surface area contributed by atoms with Crippen LogP contribution < -0.4 is 5.32 Å². The number of benzene rings is 1. The molecule has 25 heavy (non-hydrogen) atoms. The number of hydrogen-bond acceptors (Lipinski definition) is 4. The summed E-state index contributed by atoms with van der Waals surface area (Å²) in [4.78, 5) is 18.0. The average Bonchev–Trinajstić information content (AvgIpc) is 3.27. The fourth-order valence-electron chi connectivity index (χ4n) is 2.46. The summed E-state index contributed by atoms with van der Waals surface area (Å²) in [5, 5.41) is 9.76. The van der Waals surface area contributed by atoms with Crippen molar-refractivity contribution in [1.29, 1.82) is 0 Å². The van der Waals surface area contributed by atoms with E-state index in [-0.39, 0.29) is 5.91 Å². The third kappa shape index (κ3) is 2.89. The molecule has 0 fully saturated rings. The molecule has 5 nitrogen and oxygen atoms in total. The number of amides is 1. The van der Waals surface area contributed by atoms with Crippen molar-refractivity contribution in [3.8, 4) is 10.6 Å². The maximum atomic E-state index is 12.7. The van der Waals surface area contributed by atoms with Crippen LogP contribution in [0.25, 0.3) is 16.2 Å². The van der Waals surface area contributed by atoms with E-state index in [1.165, 1.54) is 6.20 Å². The van der Waals surface area contributed by atoms with E-state index in [0.29, 0.717) is 26.9 Å². The van der Waals surface area contributed by atoms with Crippen LogP contribution in [0.15, 0.2) is 54.2 Å². The van der Waals surface area contributed by atoms with Gasteiger partial charge in [-0.3, -0.25) is 4.79 Å². The lowest BCUT2D eigenvalue weighted by Gasteiger charge is -2.08. The summed E-state index contributed by atoms with van der Waals surface area (Å²) in [6.45, 7) is 0. The number of para-hydroxylation sites is 1. The highest BCUT2D eigenvalue weighted by molar-refractivity contribution is 7.13. The van der Waals surface area contributed by atoms with E-state index in [4.69, 9.17) is 23.2 Å².